The number of benzene rings is 2. The Morgan fingerprint density at radius 3 is 2.50 bits per heavy atom. The normalized spacial score (nSPS) is 27.4. The van der Waals surface area contributed by atoms with Crippen LogP contribution >= 0.6 is 0 Å². The number of hydrogen-bond donors (Lipinski definition) is 2. The number of nitrogens with one attached hydrogen (secondary N) is 2. The Hall–Kier alpha value is -2.40. The minimum Gasteiger partial charge on any atom is -0.377 e. The van der Waals surface area contributed by atoms with Gasteiger partial charge >= 0.3 is 0 Å². The van der Waals surface area contributed by atoms with Crippen molar-refractivity contribution in [3.63, 3.8) is 0 Å². The minimum atomic E-state index is -3.77. The summed E-state index contributed by atoms with van der Waals surface area (Å²) < 4.78 is 64.4. The fourth-order valence-corrected chi connectivity index (χ4v) is 7.59. The predicted molar refractivity (Wildman–Crippen MR) is 130 cm³/mol. The molecule has 3 aliphatic rings. The number of hydrogen-bond acceptors (Lipinski definition) is 5. The zero-order chi connectivity index (χ0) is 25.5. The third kappa shape index (κ3) is 4.67. The molecule has 36 heavy (non-hydrogen) atoms. The summed E-state index contributed by atoms with van der Waals surface area (Å²) in [4.78, 5) is 11.5. The highest BCUT2D eigenvalue weighted by Gasteiger charge is 2.44. The topological polar surface area (TPSA) is 87.7 Å². The Bertz CT molecular complexity index is 1240. The summed E-state index contributed by atoms with van der Waals surface area (Å²) >= 11 is 0. The maximum atomic E-state index is 15.4. The van der Waals surface area contributed by atoms with Crippen LogP contribution in [-0.2, 0) is 31.6 Å². The molecule has 0 bridgehead atoms. The van der Waals surface area contributed by atoms with Gasteiger partial charge in [-0.15, -0.1) is 0 Å². The maximum absolute atomic E-state index is 15.4. The molecule has 5 rings (SSSR count). The van der Waals surface area contributed by atoms with E-state index < -0.39 is 32.4 Å². The second-order valence-corrected chi connectivity index (χ2v) is 12.2. The zero-order valence-corrected chi connectivity index (χ0v) is 21.0. The molecule has 3 atom stereocenters. The van der Waals surface area contributed by atoms with Crippen LogP contribution < -0.4 is 10.6 Å². The third-order valence-corrected chi connectivity index (χ3v) is 10.0. The number of ether oxygens (including phenoxy) is 1. The average Bonchev–Trinajstić information content (AvgIpc) is 3.24. The summed E-state index contributed by atoms with van der Waals surface area (Å²) in [5.41, 5.74) is -0.0395. The van der Waals surface area contributed by atoms with Gasteiger partial charge in [0.2, 0.25) is 15.9 Å². The predicted octanol–water partition coefficient (Wildman–Crippen LogP) is 3.11. The van der Waals surface area contributed by atoms with Crippen LogP contribution in [-0.4, -0.2) is 50.5 Å². The molecule has 3 heterocycles. The molecule has 2 N–H and O–H groups in total. The van der Waals surface area contributed by atoms with Gasteiger partial charge in [-0.05, 0) is 43.9 Å². The van der Waals surface area contributed by atoms with Crippen LogP contribution in [0.1, 0.15) is 54.5 Å². The van der Waals surface area contributed by atoms with Crippen LogP contribution in [0.25, 0.3) is 0 Å². The number of amides is 1. The van der Waals surface area contributed by atoms with Crippen LogP contribution in [0.3, 0.4) is 0 Å². The van der Waals surface area contributed by atoms with Gasteiger partial charge in [-0.25, -0.2) is 17.2 Å². The van der Waals surface area contributed by atoms with Crippen LogP contribution in [0.2, 0.25) is 0 Å². The molecule has 1 amide bonds. The molecule has 194 valence electrons. The van der Waals surface area contributed by atoms with E-state index in [4.69, 9.17) is 4.74 Å². The van der Waals surface area contributed by atoms with Crippen LogP contribution in [0.4, 0.5) is 8.78 Å². The summed E-state index contributed by atoms with van der Waals surface area (Å²) in [6.45, 7) is 2.34. The van der Waals surface area contributed by atoms with Gasteiger partial charge in [0.15, 0.2) is 0 Å². The first-order chi connectivity index (χ1) is 17.2. The largest absolute Gasteiger partial charge is 0.377 e. The molecule has 3 fully saturated rings. The number of rotatable bonds is 7. The van der Waals surface area contributed by atoms with E-state index in [1.807, 2.05) is 6.07 Å². The van der Waals surface area contributed by atoms with E-state index in [9.17, 15) is 13.2 Å². The van der Waals surface area contributed by atoms with Crippen LogP contribution in [0.15, 0.2) is 42.5 Å². The molecule has 2 aromatic carbocycles. The molecule has 3 aliphatic heterocycles. The average molecular weight is 520 g/mol. The Kier molecular flexibility index (Phi) is 6.88. The number of nitrogens with zero attached hydrogens (tertiary/aromatic N) is 1. The molecule has 3 saturated heterocycles. The zero-order valence-electron chi connectivity index (χ0n) is 20.2. The molecule has 0 aromatic heterocycles. The highest BCUT2D eigenvalue weighted by Crippen LogP contribution is 2.39. The Morgan fingerprint density at radius 1 is 1.11 bits per heavy atom. The molecule has 0 spiro atoms. The summed E-state index contributed by atoms with van der Waals surface area (Å²) in [6.07, 6.45) is 2.25. The first-order valence-electron chi connectivity index (χ1n) is 12.4. The van der Waals surface area contributed by atoms with Crippen molar-refractivity contribution in [2.45, 2.75) is 62.0 Å². The van der Waals surface area contributed by atoms with Crippen molar-refractivity contribution < 1.29 is 26.7 Å². The molecule has 0 saturated carbocycles. The molecule has 0 radical (unpaired) electrons. The molecule has 0 aliphatic carbocycles. The van der Waals surface area contributed by atoms with E-state index in [-0.39, 0.29) is 48.9 Å². The van der Waals surface area contributed by atoms with E-state index in [0.717, 1.165) is 12.1 Å². The molecule has 7 nitrogen and oxygen atoms in total. The maximum Gasteiger partial charge on any atom is 0.221 e. The molecule has 10 heteroatoms. The Morgan fingerprint density at radius 2 is 1.86 bits per heavy atom. The van der Waals surface area contributed by atoms with E-state index in [2.05, 4.69) is 10.6 Å². The molecule has 0 unspecified atom stereocenters. The first kappa shape index (κ1) is 25.3. The standard InChI is InChI=1S/C26H31F2N3O4S/c1-17-7-9-24(18-5-3-2-4-6-18)36(33,34)31(17)14-19-11-23(28)21(12-22(19)27)26(15-35-16-26)29-13-20-8-10-25(32)30-20/h2-6,11-12,17,20,24,29H,7-10,13-16H2,1H3,(H,30,32)/t17-,20-,24+/m0/s1. The number of sulfonamides is 1. The van der Waals surface area contributed by atoms with Crippen molar-refractivity contribution in [3.8, 4) is 0 Å². The van der Waals surface area contributed by atoms with Gasteiger partial charge in [0.05, 0.1) is 18.8 Å². The lowest BCUT2D eigenvalue weighted by atomic mass is 9.86. The second kappa shape index (κ2) is 9.81. The van der Waals surface area contributed by atoms with Crippen molar-refractivity contribution in [2.75, 3.05) is 19.8 Å². The highest BCUT2D eigenvalue weighted by molar-refractivity contribution is 7.89. The van der Waals surface area contributed by atoms with Gasteiger partial charge in [-0.3, -0.25) is 4.79 Å². The second-order valence-electron chi connectivity index (χ2n) is 10.1. The van der Waals surface area contributed by atoms with Crippen molar-refractivity contribution >= 4 is 15.9 Å². The third-order valence-electron chi connectivity index (χ3n) is 7.64. The SMILES string of the molecule is C[C@H]1CC[C@H](c2ccccc2)S(=O)(=O)N1Cc1cc(F)c(C2(NC[C@@H]3CCC(=O)N3)COC2)cc1F. The summed E-state index contributed by atoms with van der Waals surface area (Å²) in [5, 5.41) is 5.42. The molecule has 2 aromatic rings. The fraction of sp³-hybridized carbons (Fsp3) is 0.500. The molecular weight excluding hydrogens is 488 g/mol. The van der Waals surface area contributed by atoms with Gasteiger partial charge in [0, 0.05) is 42.7 Å². The van der Waals surface area contributed by atoms with Gasteiger partial charge in [0.1, 0.15) is 16.9 Å². The van der Waals surface area contributed by atoms with Gasteiger partial charge in [-0.1, -0.05) is 30.3 Å². The van der Waals surface area contributed by atoms with E-state index >= 15 is 8.78 Å². The Balaban J connectivity index is 1.37. The first-order valence-corrected chi connectivity index (χ1v) is 13.9. The van der Waals surface area contributed by atoms with E-state index in [0.29, 0.717) is 37.8 Å². The van der Waals surface area contributed by atoms with E-state index in [1.54, 1.807) is 31.2 Å². The van der Waals surface area contributed by atoms with Crippen molar-refractivity contribution in [2.24, 2.45) is 0 Å². The highest BCUT2D eigenvalue weighted by atomic mass is 32.2. The lowest BCUT2D eigenvalue weighted by molar-refractivity contribution is -0.119. The Labute approximate surface area is 210 Å². The lowest BCUT2D eigenvalue weighted by Crippen LogP contribution is -2.60. The van der Waals surface area contributed by atoms with Crippen molar-refractivity contribution in [1.29, 1.82) is 0 Å². The van der Waals surface area contributed by atoms with E-state index in [1.165, 1.54) is 4.31 Å². The molecular formula is C26H31F2N3O4S. The van der Waals surface area contributed by atoms with Gasteiger partial charge < -0.3 is 15.4 Å². The lowest BCUT2D eigenvalue weighted by Gasteiger charge is -2.43. The fourth-order valence-electron chi connectivity index (χ4n) is 5.40. The smallest absolute Gasteiger partial charge is 0.221 e. The van der Waals surface area contributed by atoms with Crippen LogP contribution in [0.5, 0.6) is 0 Å². The summed E-state index contributed by atoms with van der Waals surface area (Å²) in [6, 6.07) is 10.9. The van der Waals surface area contributed by atoms with Crippen molar-refractivity contribution in [3.05, 3.63) is 70.8 Å². The minimum absolute atomic E-state index is 0.00108. The number of carbonyl (C=O) groups is 1. The van der Waals surface area contributed by atoms with Gasteiger partial charge in [0.25, 0.3) is 0 Å². The summed E-state index contributed by atoms with van der Waals surface area (Å²) in [7, 11) is -3.77. The number of halogens is 2. The van der Waals surface area contributed by atoms with Crippen molar-refractivity contribution in [1.82, 2.24) is 14.9 Å². The quantitative estimate of drug-likeness (QED) is 0.587. The summed E-state index contributed by atoms with van der Waals surface area (Å²) in [5.74, 6) is -1.28. The van der Waals surface area contributed by atoms with Gasteiger partial charge in [-0.2, -0.15) is 4.31 Å². The number of carbonyl (C=O) groups excluding carboxylic acids is 1. The monoisotopic (exact) mass is 519 g/mol. The van der Waals surface area contributed by atoms with Crippen LogP contribution in [0, 0.1) is 11.6 Å².